The molecule has 2 N–H and O–H groups in total. The maximum Gasteiger partial charge on any atom is 0.224 e. The summed E-state index contributed by atoms with van der Waals surface area (Å²) in [6, 6.07) is 7.62. The molecule has 1 amide bonds. The smallest absolute Gasteiger partial charge is 0.224 e. The van der Waals surface area contributed by atoms with Crippen molar-refractivity contribution in [1.82, 2.24) is 4.90 Å². The first-order valence-corrected chi connectivity index (χ1v) is 7.86. The molecular weight excluding hydrogens is 272 g/mol. The van der Waals surface area contributed by atoms with Crippen molar-refractivity contribution >= 4 is 23.5 Å². The van der Waals surface area contributed by atoms with Crippen LogP contribution in [0.5, 0.6) is 0 Å². The Kier molecular flexibility index (Phi) is 4.50. The van der Waals surface area contributed by atoms with Crippen LogP contribution in [-0.4, -0.2) is 42.5 Å². The van der Waals surface area contributed by atoms with Crippen molar-refractivity contribution in [3.05, 3.63) is 29.8 Å². The van der Waals surface area contributed by atoms with Crippen molar-refractivity contribution < 1.29 is 9.59 Å². The number of ketones is 1. The second kappa shape index (κ2) is 5.97. The first kappa shape index (κ1) is 15.1. The maximum absolute atomic E-state index is 12.2. The van der Waals surface area contributed by atoms with Crippen molar-refractivity contribution in [2.45, 2.75) is 18.2 Å². The van der Waals surface area contributed by atoms with Gasteiger partial charge in [-0.15, -0.1) is 11.8 Å². The van der Waals surface area contributed by atoms with Crippen LogP contribution in [0.3, 0.4) is 0 Å². The molecular formula is C15H20N2O2S. The van der Waals surface area contributed by atoms with Crippen LogP contribution in [0.15, 0.2) is 29.2 Å². The molecule has 0 bridgehead atoms. The summed E-state index contributed by atoms with van der Waals surface area (Å²) in [7, 11) is 0. The van der Waals surface area contributed by atoms with Gasteiger partial charge in [-0.25, -0.2) is 0 Å². The number of likely N-dealkylation sites (tertiary alicyclic amines) is 1. The van der Waals surface area contributed by atoms with Gasteiger partial charge < -0.3 is 5.73 Å². The predicted octanol–water partition coefficient (Wildman–Crippen LogP) is 1.79. The Morgan fingerprint density at radius 2 is 2.00 bits per heavy atom. The predicted molar refractivity (Wildman–Crippen MR) is 80.9 cm³/mol. The molecule has 1 saturated heterocycles. The third-order valence-electron chi connectivity index (χ3n) is 3.93. The van der Waals surface area contributed by atoms with Crippen LogP contribution < -0.4 is 5.73 Å². The van der Waals surface area contributed by atoms with Crippen LogP contribution in [0, 0.1) is 5.41 Å². The molecule has 4 nitrogen and oxygen atoms in total. The number of benzene rings is 1. The van der Waals surface area contributed by atoms with Gasteiger partial charge in [-0.05, 0) is 38.3 Å². The van der Waals surface area contributed by atoms with E-state index in [0.717, 1.165) is 23.4 Å². The first-order valence-electron chi connectivity index (χ1n) is 6.64. The van der Waals surface area contributed by atoms with E-state index in [1.54, 1.807) is 11.8 Å². The van der Waals surface area contributed by atoms with E-state index < -0.39 is 5.41 Å². The number of carbonyl (C=O) groups is 2. The zero-order valence-corrected chi connectivity index (χ0v) is 12.7. The molecule has 0 radical (unpaired) electrons. The molecule has 1 fully saturated rings. The van der Waals surface area contributed by atoms with Gasteiger partial charge in [0.05, 0.1) is 12.0 Å². The van der Waals surface area contributed by atoms with E-state index in [2.05, 4.69) is 0 Å². The van der Waals surface area contributed by atoms with Crippen molar-refractivity contribution in [1.29, 1.82) is 0 Å². The molecule has 1 aromatic rings. The lowest BCUT2D eigenvalue weighted by Crippen LogP contribution is -2.38. The molecule has 108 valence electrons. The lowest BCUT2D eigenvalue weighted by Gasteiger charge is -2.20. The molecule has 1 heterocycles. The molecule has 5 heteroatoms. The van der Waals surface area contributed by atoms with Crippen LogP contribution in [-0.2, 0) is 4.79 Å². The highest BCUT2D eigenvalue weighted by Gasteiger charge is 2.39. The van der Waals surface area contributed by atoms with Crippen LogP contribution in [0.1, 0.15) is 23.7 Å². The number of thioether (sulfide) groups is 1. The SMILES string of the molecule is CSc1ccc(C(=O)CN2CCC(C)(C(N)=O)C2)cc1. The number of nitrogens with zero attached hydrogens (tertiary/aromatic N) is 1. The molecule has 1 unspecified atom stereocenters. The summed E-state index contributed by atoms with van der Waals surface area (Å²) in [4.78, 5) is 26.8. The number of primary amides is 1. The fourth-order valence-electron chi connectivity index (χ4n) is 2.46. The molecule has 1 aromatic carbocycles. The lowest BCUT2D eigenvalue weighted by atomic mass is 9.89. The summed E-state index contributed by atoms with van der Waals surface area (Å²) in [5, 5.41) is 0. The van der Waals surface area contributed by atoms with Crippen LogP contribution in [0.25, 0.3) is 0 Å². The molecule has 1 aliphatic heterocycles. The van der Waals surface area contributed by atoms with Crippen LogP contribution in [0.2, 0.25) is 0 Å². The number of carbonyl (C=O) groups excluding carboxylic acids is 2. The van der Waals surface area contributed by atoms with Gasteiger partial charge in [-0.1, -0.05) is 12.1 Å². The minimum Gasteiger partial charge on any atom is -0.369 e. The van der Waals surface area contributed by atoms with E-state index in [-0.39, 0.29) is 11.7 Å². The van der Waals surface area contributed by atoms with Gasteiger partial charge in [-0.3, -0.25) is 14.5 Å². The number of hydrogen-bond acceptors (Lipinski definition) is 4. The van der Waals surface area contributed by atoms with Crippen molar-refractivity contribution in [3.8, 4) is 0 Å². The van der Waals surface area contributed by atoms with E-state index in [9.17, 15) is 9.59 Å². The van der Waals surface area contributed by atoms with Crippen LogP contribution in [0.4, 0.5) is 0 Å². The number of Topliss-reactive ketones (excluding diaryl/α,β-unsaturated/α-hetero) is 1. The minimum absolute atomic E-state index is 0.0892. The van der Waals surface area contributed by atoms with Gasteiger partial charge in [0, 0.05) is 17.0 Å². The highest BCUT2D eigenvalue weighted by molar-refractivity contribution is 7.98. The highest BCUT2D eigenvalue weighted by Crippen LogP contribution is 2.29. The Morgan fingerprint density at radius 3 is 2.50 bits per heavy atom. The van der Waals surface area contributed by atoms with Gasteiger partial charge >= 0.3 is 0 Å². The quantitative estimate of drug-likeness (QED) is 0.664. The Bertz CT molecular complexity index is 515. The third kappa shape index (κ3) is 3.22. The van der Waals surface area contributed by atoms with Gasteiger partial charge in [0.15, 0.2) is 5.78 Å². The highest BCUT2D eigenvalue weighted by atomic mass is 32.2. The molecule has 1 atom stereocenters. The zero-order chi connectivity index (χ0) is 14.8. The van der Waals surface area contributed by atoms with Crippen molar-refractivity contribution in [2.24, 2.45) is 11.1 Å². The minimum atomic E-state index is -0.497. The van der Waals surface area contributed by atoms with Gasteiger partial charge in [0.25, 0.3) is 0 Å². The topological polar surface area (TPSA) is 63.4 Å². The summed E-state index contributed by atoms with van der Waals surface area (Å²) in [5.74, 6) is -0.192. The van der Waals surface area contributed by atoms with Gasteiger partial charge in [-0.2, -0.15) is 0 Å². The van der Waals surface area contributed by atoms with Gasteiger partial charge in [0.2, 0.25) is 5.91 Å². The number of amides is 1. The van der Waals surface area contributed by atoms with E-state index in [0.29, 0.717) is 13.1 Å². The molecule has 0 spiro atoms. The first-order chi connectivity index (χ1) is 9.44. The summed E-state index contributed by atoms with van der Waals surface area (Å²) >= 11 is 1.65. The molecule has 1 aliphatic rings. The summed E-state index contributed by atoms with van der Waals surface area (Å²) in [6.45, 7) is 3.53. The van der Waals surface area contributed by atoms with Crippen molar-refractivity contribution in [2.75, 3.05) is 25.9 Å². The zero-order valence-electron chi connectivity index (χ0n) is 11.9. The van der Waals surface area contributed by atoms with Crippen LogP contribution >= 0.6 is 11.8 Å². The molecule has 0 aromatic heterocycles. The van der Waals surface area contributed by atoms with E-state index in [4.69, 9.17) is 5.73 Å². The average Bonchev–Trinajstić information content (AvgIpc) is 2.82. The molecule has 2 rings (SSSR count). The standard InChI is InChI=1S/C15H20N2O2S/c1-15(14(16)19)7-8-17(10-15)9-13(18)11-3-5-12(20-2)6-4-11/h3-6H,7-10H2,1-2H3,(H2,16,19). The molecule has 20 heavy (non-hydrogen) atoms. The molecule has 0 saturated carbocycles. The lowest BCUT2D eigenvalue weighted by molar-refractivity contribution is -0.126. The van der Waals surface area contributed by atoms with Gasteiger partial charge in [0.1, 0.15) is 0 Å². The Balaban J connectivity index is 1.97. The second-order valence-corrected chi connectivity index (χ2v) is 6.42. The Labute approximate surface area is 123 Å². The van der Waals surface area contributed by atoms with Crippen molar-refractivity contribution in [3.63, 3.8) is 0 Å². The van der Waals surface area contributed by atoms with E-state index in [1.165, 1.54) is 0 Å². The number of hydrogen-bond donors (Lipinski definition) is 1. The van der Waals surface area contributed by atoms with E-state index >= 15 is 0 Å². The average molecular weight is 292 g/mol. The fraction of sp³-hybridized carbons (Fsp3) is 0.467. The third-order valence-corrected chi connectivity index (χ3v) is 4.67. The Morgan fingerprint density at radius 1 is 1.35 bits per heavy atom. The summed E-state index contributed by atoms with van der Waals surface area (Å²) in [6.07, 6.45) is 2.73. The Hall–Kier alpha value is -1.33. The van der Waals surface area contributed by atoms with E-state index in [1.807, 2.05) is 42.3 Å². The number of nitrogens with two attached hydrogens (primary N) is 1. The fourth-order valence-corrected chi connectivity index (χ4v) is 2.87. The summed E-state index contributed by atoms with van der Waals surface area (Å²) < 4.78 is 0. The summed E-state index contributed by atoms with van der Waals surface area (Å²) in [5.41, 5.74) is 5.64. The second-order valence-electron chi connectivity index (χ2n) is 5.54. The maximum atomic E-state index is 12.2. The monoisotopic (exact) mass is 292 g/mol. The largest absolute Gasteiger partial charge is 0.369 e. The molecule has 0 aliphatic carbocycles. The number of rotatable bonds is 5. The normalized spacial score (nSPS) is 22.9.